The molecule has 0 aliphatic carbocycles. The predicted octanol–water partition coefficient (Wildman–Crippen LogP) is 1.44. The zero-order valence-electron chi connectivity index (χ0n) is 10.9. The summed E-state index contributed by atoms with van der Waals surface area (Å²) in [7, 11) is 0. The second-order valence-electron chi connectivity index (χ2n) is 5.20. The van der Waals surface area contributed by atoms with Gasteiger partial charge in [-0.05, 0) is 37.1 Å². The van der Waals surface area contributed by atoms with Gasteiger partial charge in [0, 0.05) is 23.6 Å². The topological polar surface area (TPSA) is 56.9 Å². The molecule has 2 heterocycles. The minimum Gasteiger partial charge on any atom is -0.361 e. The number of aromatic amines is 1. The number of H-pyrrole nitrogens is 1. The van der Waals surface area contributed by atoms with E-state index in [-0.39, 0.29) is 5.91 Å². The molecule has 0 spiro atoms. The van der Waals surface area contributed by atoms with E-state index < -0.39 is 0 Å². The van der Waals surface area contributed by atoms with Gasteiger partial charge in [0.15, 0.2) is 0 Å². The molecule has 4 heteroatoms. The molecule has 1 saturated heterocycles. The largest absolute Gasteiger partial charge is 0.361 e. The van der Waals surface area contributed by atoms with Crippen LogP contribution in [0, 0.1) is 5.92 Å². The lowest BCUT2D eigenvalue weighted by Crippen LogP contribution is -2.31. The maximum atomic E-state index is 12.0. The van der Waals surface area contributed by atoms with E-state index in [9.17, 15) is 4.79 Å². The van der Waals surface area contributed by atoms with Crippen LogP contribution in [0.3, 0.4) is 0 Å². The van der Waals surface area contributed by atoms with Gasteiger partial charge in [0.1, 0.15) is 0 Å². The zero-order valence-corrected chi connectivity index (χ0v) is 10.9. The first-order chi connectivity index (χ1) is 9.33. The molecule has 2 aromatic rings. The van der Waals surface area contributed by atoms with Crippen molar-refractivity contribution in [1.82, 2.24) is 15.6 Å². The molecule has 4 nitrogen and oxygen atoms in total. The molecule has 1 aromatic carbocycles. The van der Waals surface area contributed by atoms with E-state index in [1.807, 2.05) is 24.4 Å². The standard InChI is InChI=1S/C15H19N3O/c19-15(18-9-11-5-6-16-8-11)7-12-10-17-14-4-2-1-3-13(12)14/h1-4,10-11,16-17H,5-9H2,(H,18,19). The predicted molar refractivity (Wildman–Crippen MR) is 76.0 cm³/mol. The van der Waals surface area contributed by atoms with Gasteiger partial charge in [0.05, 0.1) is 6.42 Å². The number of fused-ring (bicyclic) bond motifs is 1. The molecule has 1 fully saturated rings. The molecular formula is C15H19N3O. The molecular weight excluding hydrogens is 238 g/mol. The van der Waals surface area contributed by atoms with Crippen LogP contribution in [0.15, 0.2) is 30.5 Å². The van der Waals surface area contributed by atoms with Crippen molar-refractivity contribution in [3.05, 3.63) is 36.0 Å². The van der Waals surface area contributed by atoms with Crippen LogP contribution < -0.4 is 10.6 Å². The Hall–Kier alpha value is -1.81. The van der Waals surface area contributed by atoms with E-state index >= 15 is 0 Å². The molecule has 1 amide bonds. The molecule has 0 radical (unpaired) electrons. The number of carbonyl (C=O) groups excluding carboxylic acids is 1. The van der Waals surface area contributed by atoms with Crippen LogP contribution in [0.1, 0.15) is 12.0 Å². The van der Waals surface area contributed by atoms with Gasteiger partial charge in [0.2, 0.25) is 5.91 Å². The minimum absolute atomic E-state index is 0.108. The first kappa shape index (κ1) is 12.2. The summed E-state index contributed by atoms with van der Waals surface area (Å²) in [5.74, 6) is 0.698. The van der Waals surface area contributed by atoms with Crippen molar-refractivity contribution in [3.8, 4) is 0 Å². The average Bonchev–Trinajstić information content (AvgIpc) is 3.07. The third-order valence-electron chi connectivity index (χ3n) is 3.78. The summed E-state index contributed by atoms with van der Waals surface area (Å²) in [6, 6.07) is 8.08. The van der Waals surface area contributed by atoms with Crippen molar-refractivity contribution < 1.29 is 4.79 Å². The smallest absolute Gasteiger partial charge is 0.224 e. The first-order valence-corrected chi connectivity index (χ1v) is 6.85. The Kier molecular flexibility index (Phi) is 3.51. The second-order valence-corrected chi connectivity index (χ2v) is 5.20. The van der Waals surface area contributed by atoms with Gasteiger partial charge >= 0.3 is 0 Å². The normalized spacial score (nSPS) is 18.8. The number of benzene rings is 1. The summed E-state index contributed by atoms with van der Waals surface area (Å²) in [6.45, 7) is 2.88. The molecule has 1 atom stereocenters. The van der Waals surface area contributed by atoms with Gasteiger partial charge in [-0.25, -0.2) is 0 Å². The first-order valence-electron chi connectivity index (χ1n) is 6.85. The fourth-order valence-electron chi connectivity index (χ4n) is 2.66. The summed E-state index contributed by atoms with van der Waals surface area (Å²) >= 11 is 0. The highest BCUT2D eigenvalue weighted by Gasteiger charge is 2.15. The zero-order chi connectivity index (χ0) is 13.1. The highest BCUT2D eigenvalue weighted by atomic mass is 16.1. The van der Waals surface area contributed by atoms with Crippen molar-refractivity contribution in [2.24, 2.45) is 5.92 Å². The third kappa shape index (κ3) is 2.79. The van der Waals surface area contributed by atoms with Crippen LogP contribution in [0.4, 0.5) is 0 Å². The van der Waals surface area contributed by atoms with Gasteiger partial charge in [-0.15, -0.1) is 0 Å². The Morgan fingerprint density at radius 2 is 2.26 bits per heavy atom. The number of hydrogen-bond donors (Lipinski definition) is 3. The number of para-hydroxylation sites is 1. The van der Waals surface area contributed by atoms with Crippen molar-refractivity contribution >= 4 is 16.8 Å². The van der Waals surface area contributed by atoms with Gasteiger partial charge in [-0.3, -0.25) is 4.79 Å². The van der Waals surface area contributed by atoms with Crippen LogP contribution in [0.25, 0.3) is 10.9 Å². The van der Waals surface area contributed by atoms with Crippen molar-refractivity contribution in [2.75, 3.05) is 19.6 Å². The lowest BCUT2D eigenvalue weighted by Gasteiger charge is -2.09. The fraction of sp³-hybridized carbons (Fsp3) is 0.400. The lowest BCUT2D eigenvalue weighted by atomic mass is 10.1. The molecule has 100 valence electrons. The minimum atomic E-state index is 0.108. The highest BCUT2D eigenvalue weighted by molar-refractivity contribution is 5.88. The van der Waals surface area contributed by atoms with E-state index in [1.165, 1.54) is 0 Å². The van der Waals surface area contributed by atoms with E-state index in [2.05, 4.69) is 21.7 Å². The Morgan fingerprint density at radius 3 is 3.11 bits per heavy atom. The molecule has 1 unspecified atom stereocenters. The van der Waals surface area contributed by atoms with E-state index in [1.54, 1.807) is 0 Å². The van der Waals surface area contributed by atoms with E-state index in [0.717, 1.165) is 42.5 Å². The molecule has 1 aliphatic heterocycles. The van der Waals surface area contributed by atoms with Crippen LogP contribution in [-0.2, 0) is 11.2 Å². The number of carbonyl (C=O) groups is 1. The van der Waals surface area contributed by atoms with Gasteiger partial charge in [-0.2, -0.15) is 0 Å². The highest BCUT2D eigenvalue weighted by Crippen LogP contribution is 2.18. The fourth-order valence-corrected chi connectivity index (χ4v) is 2.66. The van der Waals surface area contributed by atoms with Gasteiger partial charge in [0.25, 0.3) is 0 Å². The van der Waals surface area contributed by atoms with Crippen LogP contribution in [0.2, 0.25) is 0 Å². The molecule has 3 N–H and O–H groups in total. The SMILES string of the molecule is O=C(Cc1c[nH]c2ccccc12)NCC1CCNC1. The van der Waals surface area contributed by atoms with Crippen LogP contribution >= 0.6 is 0 Å². The summed E-state index contributed by atoms with van der Waals surface area (Å²) in [5.41, 5.74) is 2.16. The lowest BCUT2D eigenvalue weighted by molar-refractivity contribution is -0.120. The Labute approximate surface area is 112 Å². The summed E-state index contributed by atoms with van der Waals surface area (Å²) in [6.07, 6.45) is 3.54. The Balaban J connectivity index is 1.59. The van der Waals surface area contributed by atoms with E-state index in [4.69, 9.17) is 0 Å². The maximum absolute atomic E-state index is 12.0. The molecule has 1 aliphatic rings. The number of aromatic nitrogens is 1. The Bertz CT molecular complexity index is 570. The molecule has 1 aromatic heterocycles. The van der Waals surface area contributed by atoms with Crippen molar-refractivity contribution in [1.29, 1.82) is 0 Å². The number of hydrogen-bond acceptors (Lipinski definition) is 2. The summed E-state index contributed by atoms with van der Waals surface area (Å²) in [4.78, 5) is 15.2. The van der Waals surface area contributed by atoms with Crippen LogP contribution in [-0.4, -0.2) is 30.5 Å². The third-order valence-corrected chi connectivity index (χ3v) is 3.78. The molecule has 0 saturated carbocycles. The maximum Gasteiger partial charge on any atom is 0.224 e. The monoisotopic (exact) mass is 257 g/mol. The average molecular weight is 257 g/mol. The number of nitrogens with one attached hydrogen (secondary N) is 3. The molecule has 0 bridgehead atoms. The van der Waals surface area contributed by atoms with E-state index in [0.29, 0.717) is 12.3 Å². The van der Waals surface area contributed by atoms with Gasteiger partial charge < -0.3 is 15.6 Å². The second kappa shape index (κ2) is 5.45. The van der Waals surface area contributed by atoms with Gasteiger partial charge in [-0.1, -0.05) is 18.2 Å². The molecule has 3 rings (SSSR count). The number of rotatable bonds is 4. The van der Waals surface area contributed by atoms with Crippen molar-refractivity contribution in [2.45, 2.75) is 12.8 Å². The van der Waals surface area contributed by atoms with Crippen molar-refractivity contribution in [3.63, 3.8) is 0 Å². The Morgan fingerprint density at radius 1 is 1.37 bits per heavy atom. The van der Waals surface area contributed by atoms with Crippen LogP contribution in [0.5, 0.6) is 0 Å². The summed E-state index contributed by atoms with van der Waals surface area (Å²) < 4.78 is 0. The quantitative estimate of drug-likeness (QED) is 0.776. The molecule has 19 heavy (non-hydrogen) atoms. The summed E-state index contributed by atoms with van der Waals surface area (Å²) in [5, 5.41) is 7.48. The number of amides is 1.